The minimum Gasteiger partial charge on any atom is -0.481 e. The second-order valence-electron chi connectivity index (χ2n) is 6.24. The molecule has 6 nitrogen and oxygen atoms in total. The SMILES string of the molecule is O=C(O)C1(Cc2cn([C@@H]3CC=CC[C@H]3O)nn2)CC=CCC1. The summed E-state index contributed by atoms with van der Waals surface area (Å²) in [6.45, 7) is 0. The van der Waals surface area contributed by atoms with E-state index in [-0.39, 0.29) is 6.04 Å². The van der Waals surface area contributed by atoms with E-state index in [1.54, 1.807) is 10.9 Å². The van der Waals surface area contributed by atoms with Gasteiger partial charge >= 0.3 is 5.97 Å². The number of nitrogens with zero attached hydrogens (tertiary/aromatic N) is 3. The minimum absolute atomic E-state index is 0.113. The van der Waals surface area contributed by atoms with E-state index in [1.807, 2.05) is 24.3 Å². The van der Waals surface area contributed by atoms with Crippen molar-refractivity contribution in [3.8, 4) is 0 Å². The molecule has 0 fully saturated rings. The smallest absolute Gasteiger partial charge is 0.310 e. The van der Waals surface area contributed by atoms with E-state index >= 15 is 0 Å². The number of carbonyl (C=O) groups is 1. The normalized spacial score (nSPS) is 31.3. The Hall–Kier alpha value is -1.95. The van der Waals surface area contributed by atoms with Crippen LogP contribution in [-0.2, 0) is 11.2 Å². The average Bonchev–Trinajstić information content (AvgIpc) is 2.96. The van der Waals surface area contributed by atoms with Crippen LogP contribution in [0.4, 0.5) is 0 Å². The lowest BCUT2D eigenvalue weighted by Gasteiger charge is -2.29. The summed E-state index contributed by atoms with van der Waals surface area (Å²) in [6.07, 6.45) is 12.9. The van der Waals surface area contributed by atoms with E-state index in [0.29, 0.717) is 31.4 Å². The average molecular weight is 303 g/mol. The first-order valence-electron chi connectivity index (χ1n) is 7.73. The molecule has 0 saturated heterocycles. The molecule has 0 aromatic carbocycles. The fraction of sp³-hybridized carbons (Fsp3) is 0.562. The highest BCUT2D eigenvalue weighted by atomic mass is 16.4. The fourth-order valence-corrected chi connectivity index (χ4v) is 3.29. The molecule has 6 heteroatoms. The van der Waals surface area contributed by atoms with Crippen LogP contribution in [0.5, 0.6) is 0 Å². The molecule has 1 unspecified atom stereocenters. The number of carboxylic acids is 1. The summed E-state index contributed by atoms with van der Waals surface area (Å²) >= 11 is 0. The third-order valence-electron chi connectivity index (χ3n) is 4.70. The van der Waals surface area contributed by atoms with Gasteiger partial charge in [0.1, 0.15) is 0 Å². The molecule has 0 spiro atoms. The number of aliphatic hydroxyl groups excluding tert-OH is 1. The minimum atomic E-state index is -0.777. The van der Waals surface area contributed by atoms with Gasteiger partial charge in [0.15, 0.2) is 0 Å². The Bertz CT molecular complexity index is 608. The maximum Gasteiger partial charge on any atom is 0.310 e. The van der Waals surface area contributed by atoms with Crippen molar-refractivity contribution in [1.29, 1.82) is 0 Å². The van der Waals surface area contributed by atoms with Crippen LogP contribution >= 0.6 is 0 Å². The first kappa shape index (κ1) is 15.0. The Labute approximate surface area is 129 Å². The third kappa shape index (κ3) is 2.83. The zero-order chi connectivity index (χ0) is 15.6. The zero-order valence-corrected chi connectivity index (χ0v) is 12.4. The van der Waals surface area contributed by atoms with Crippen LogP contribution in [0.15, 0.2) is 30.5 Å². The largest absolute Gasteiger partial charge is 0.481 e. The number of carboxylic acid groups (broad SMARTS) is 1. The molecule has 1 aromatic rings. The summed E-state index contributed by atoms with van der Waals surface area (Å²) in [6, 6.07) is -0.113. The lowest BCUT2D eigenvalue weighted by Crippen LogP contribution is -2.34. The third-order valence-corrected chi connectivity index (χ3v) is 4.70. The summed E-state index contributed by atoms with van der Waals surface area (Å²) in [4.78, 5) is 11.7. The summed E-state index contributed by atoms with van der Waals surface area (Å²) in [5.74, 6) is -0.771. The van der Waals surface area contributed by atoms with Crippen LogP contribution in [0.25, 0.3) is 0 Å². The first-order valence-corrected chi connectivity index (χ1v) is 7.73. The molecule has 0 bridgehead atoms. The van der Waals surface area contributed by atoms with Crippen LogP contribution in [0.1, 0.15) is 43.8 Å². The van der Waals surface area contributed by atoms with E-state index in [9.17, 15) is 15.0 Å². The van der Waals surface area contributed by atoms with Gasteiger partial charge in [-0.15, -0.1) is 5.10 Å². The molecule has 2 aliphatic rings. The van der Waals surface area contributed by atoms with Crippen LogP contribution < -0.4 is 0 Å². The topological polar surface area (TPSA) is 88.2 Å². The number of aliphatic carboxylic acids is 1. The highest BCUT2D eigenvalue weighted by Gasteiger charge is 2.39. The molecular weight excluding hydrogens is 282 g/mol. The van der Waals surface area contributed by atoms with Gasteiger partial charge in [0.25, 0.3) is 0 Å². The molecule has 0 saturated carbocycles. The number of rotatable bonds is 4. The van der Waals surface area contributed by atoms with Crippen molar-refractivity contribution in [1.82, 2.24) is 15.0 Å². The van der Waals surface area contributed by atoms with Crippen molar-refractivity contribution < 1.29 is 15.0 Å². The summed E-state index contributed by atoms with van der Waals surface area (Å²) < 4.78 is 1.68. The maximum atomic E-state index is 11.7. The predicted molar refractivity (Wildman–Crippen MR) is 80.2 cm³/mol. The summed E-state index contributed by atoms with van der Waals surface area (Å²) in [5, 5.41) is 27.9. The van der Waals surface area contributed by atoms with E-state index in [0.717, 1.165) is 12.8 Å². The van der Waals surface area contributed by atoms with Gasteiger partial charge in [-0.3, -0.25) is 4.79 Å². The molecule has 3 rings (SSSR count). The van der Waals surface area contributed by atoms with Crippen molar-refractivity contribution in [3.05, 3.63) is 36.2 Å². The Morgan fingerprint density at radius 2 is 2.14 bits per heavy atom. The van der Waals surface area contributed by atoms with Gasteiger partial charge < -0.3 is 10.2 Å². The highest BCUT2D eigenvalue weighted by Crippen LogP contribution is 2.36. The molecule has 3 atom stereocenters. The molecular formula is C16H21N3O3. The molecule has 22 heavy (non-hydrogen) atoms. The second-order valence-corrected chi connectivity index (χ2v) is 6.24. The molecule has 1 heterocycles. The molecule has 2 N–H and O–H groups in total. The van der Waals surface area contributed by atoms with Crippen LogP contribution in [0.2, 0.25) is 0 Å². The summed E-state index contributed by atoms with van der Waals surface area (Å²) in [7, 11) is 0. The fourth-order valence-electron chi connectivity index (χ4n) is 3.29. The van der Waals surface area contributed by atoms with Crippen molar-refractivity contribution in [2.24, 2.45) is 5.41 Å². The number of aromatic nitrogens is 3. The van der Waals surface area contributed by atoms with Gasteiger partial charge in [-0.2, -0.15) is 0 Å². The van der Waals surface area contributed by atoms with Crippen molar-refractivity contribution in [3.63, 3.8) is 0 Å². The van der Waals surface area contributed by atoms with Gasteiger partial charge in [-0.25, -0.2) is 4.68 Å². The van der Waals surface area contributed by atoms with E-state index in [1.165, 1.54) is 0 Å². The van der Waals surface area contributed by atoms with Gasteiger partial charge in [0, 0.05) is 12.6 Å². The van der Waals surface area contributed by atoms with Crippen molar-refractivity contribution >= 4 is 5.97 Å². The maximum absolute atomic E-state index is 11.7. The summed E-state index contributed by atoms with van der Waals surface area (Å²) in [5.41, 5.74) is -0.0970. The number of hydrogen-bond donors (Lipinski definition) is 2. The second kappa shape index (κ2) is 6.04. The standard InChI is InChI=1S/C16H21N3O3/c20-14-7-3-2-6-13(14)19-11-12(17-18-19)10-16(15(21)22)8-4-1-5-9-16/h1-4,11,13-14,20H,5-10H2,(H,21,22)/t13-,14-,16?/m1/s1. The van der Waals surface area contributed by atoms with Gasteiger partial charge in [-0.05, 0) is 32.1 Å². The van der Waals surface area contributed by atoms with Crippen LogP contribution in [0, 0.1) is 5.41 Å². The van der Waals surface area contributed by atoms with Gasteiger partial charge in [0.05, 0.1) is 23.3 Å². The predicted octanol–water partition coefficient (Wildman–Crippen LogP) is 1.88. The highest BCUT2D eigenvalue weighted by molar-refractivity contribution is 5.75. The van der Waals surface area contributed by atoms with E-state index in [2.05, 4.69) is 10.3 Å². The van der Waals surface area contributed by atoms with Gasteiger partial charge in [0.2, 0.25) is 0 Å². The number of aliphatic hydroxyl groups is 1. The zero-order valence-electron chi connectivity index (χ0n) is 12.4. The molecule has 118 valence electrons. The number of hydrogen-bond acceptors (Lipinski definition) is 4. The Kier molecular flexibility index (Phi) is 4.11. The number of allylic oxidation sites excluding steroid dienone is 3. The lowest BCUT2D eigenvalue weighted by atomic mass is 9.74. The lowest BCUT2D eigenvalue weighted by molar-refractivity contribution is -0.149. The van der Waals surface area contributed by atoms with Crippen LogP contribution in [-0.4, -0.2) is 37.3 Å². The molecule has 2 aliphatic carbocycles. The molecule has 0 aliphatic heterocycles. The van der Waals surface area contributed by atoms with Crippen molar-refractivity contribution in [2.45, 2.75) is 50.7 Å². The van der Waals surface area contributed by atoms with Crippen LogP contribution in [0.3, 0.4) is 0 Å². The Morgan fingerprint density at radius 1 is 1.32 bits per heavy atom. The van der Waals surface area contributed by atoms with Gasteiger partial charge in [-0.1, -0.05) is 29.5 Å². The molecule has 0 amide bonds. The monoisotopic (exact) mass is 303 g/mol. The molecule has 0 radical (unpaired) electrons. The quantitative estimate of drug-likeness (QED) is 0.829. The Morgan fingerprint density at radius 3 is 2.82 bits per heavy atom. The Balaban J connectivity index is 1.77. The molecule has 1 aromatic heterocycles. The first-order chi connectivity index (χ1) is 10.6. The van der Waals surface area contributed by atoms with Crippen molar-refractivity contribution in [2.75, 3.05) is 0 Å². The van der Waals surface area contributed by atoms with E-state index < -0.39 is 17.5 Å². The van der Waals surface area contributed by atoms with E-state index in [4.69, 9.17) is 0 Å².